The molecule has 1 aromatic rings. The summed E-state index contributed by atoms with van der Waals surface area (Å²) in [6, 6.07) is 4.00. The van der Waals surface area contributed by atoms with Gasteiger partial charge in [-0.2, -0.15) is 0 Å². The first-order chi connectivity index (χ1) is 8.06. The first kappa shape index (κ1) is 14.0. The molecule has 0 aliphatic heterocycles. The van der Waals surface area contributed by atoms with E-state index in [2.05, 4.69) is 38.7 Å². The van der Waals surface area contributed by atoms with Gasteiger partial charge in [0.2, 0.25) is 5.88 Å². The maximum Gasteiger partial charge on any atom is 0.214 e. The molecule has 2 N–H and O–H groups in total. The average Bonchev–Trinajstić information content (AvgIpc) is 2.28. The van der Waals surface area contributed by atoms with Gasteiger partial charge in [-0.1, -0.05) is 27.2 Å². The molecule has 1 unspecified atom stereocenters. The standard InChI is InChI=1S/C14H24N2O/c1-5-6-11(4)17-14-8-12(9-15)7-13(16-14)10(2)3/h7-8,10-11H,5-6,9,15H2,1-4H3. The molecule has 1 heterocycles. The molecule has 3 heteroatoms. The van der Waals surface area contributed by atoms with Crippen LogP contribution in [-0.4, -0.2) is 11.1 Å². The number of pyridine rings is 1. The quantitative estimate of drug-likeness (QED) is 0.825. The Bertz CT molecular complexity index is 350. The lowest BCUT2D eigenvalue weighted by molar-refractivity contribution is 0.200. The summed E-state index contributed by atoms with van der Waals surface area (Å²) in [5.74, 6) is 1.10. The van der Waals surface area contributed by atoms with Gasteiger partial charge in [0.05, 0.1) is 6.10 Å². The number of nitrogens with zero attached hydrogens (tertiary/aromatic N) is 1. The lowest BCUT2D eigenvalue weighted by Gasteiger charge is -2.15. The molecule has 0 aromatic carbocycles. The third kappa shape index (κ3) is 4.35. The fourth-order valence-electron chi connectivity index (χ4n) is 1.73. The number of rotatable bonds is 6. The van der Waals surface area contributed by atoms with Crippen LogP contribution in [0.25, 0.3) is 0 Å². The Balaban J connectivity index is 2.87. The largest absolute Gasteiger partial charge is 0.475 e. The van der Waals surface area contributed by atoms with Crippen LogP contribution in [0.3, 0.4) is 0 Å². The minimum Gasteiger partial charge on any atom is -0.475 e. The van der Waals surface area contributed by atoms with E-state index in [0.29, 0.717) is 18.3 Å². The number of hydrogen-bond donors (Lipinski definition) is 1. The van der Waals surface area contributed by atoms with Crippen LogP contribution in [0, 0.1) is 0 Å². The SMILES string of the molecule is CCCC(C)Oc1cc(CN)cc(C(C)C)n1. The highest BCUT2D eigenvalue weighted by Gasteiger charge is 2.09. The zero-order valence-electron chi connectivity index (χ0n) is 11.4. The van der Waals surface area contributed by atoms with Gasteiger partial charge in [-0.3, -0.25) is 0 Å². The Morgan fingerprint density at radius 1 is 1.29 bits per heavy atom. The Morgan fingerprint density at radius 3 is 2.53 bits per heavy atom. The summed E-state index contributed by atoms with van der Waals surface area (Å²) in [5.41, 5.74) is 7.83. The first-order valence-corrected chi connectivity index (χ1v) is 6.44. The second-order valence-electron chi connectivity index (χ2n) is 4.81. The number of aromatic nitrogens is 1. The maximum atomic E-state index is 5.82. The summed E-state index contributed by atoms with van der Waals surface area (Å²) >= 11 is 0. The molecule has 0 aliphatic carbocycles. The summed E-state index contributed by atoms with van der Waals surface area (Å²) in [4.78, 5) is 4.53. The van der Waals surface area contributed by atoms with Gasteiger partial charge in [0.1, 0.15) is 0 Å². The van der Waals surface area contributed by atoms with Crippen molar-refractivity contribution in [1.29, 1.82) is 0 Å². The second-order valence-corrected chi connectivity index (χ2v) is 4.81. The number of nitrogens with two attached hydrogens (primary N) is 1. The summed E-state index contributed by atoms with van der Waals surface area (Å²) in [6.07, 6.45) is 2.38. The Labute approximate surface area is 104 Å². The van der Waals surface area contributed by atoms with Crippen molar-refractivity contribution < 1.29 is 4.74 Å². The Hall–Kier alpha value is -1.09. The highest BCUT2D eigenvalue weighted by atomic mass is 16.5. The zero-order valence-corrected chi connectivity index (χ0v) is 11.4. The molecule has 0 aliphatic rings. The van der Waals surface area contributed by atoms with Crippen molar-refractivity contribution in [2.45, 2.75) is 59.1 Å². The fraction of sp³-hybridized carbons (Fsp3) is 0.643. The molecule has 0 bridgehead atoms. The van der Waals surface area contributed by atoms with Crippen molar-refractivity contribution >= 4 is 0 Å². The van der Waals surface area contributed by atoms with Gasteiger partial charge in [-0.05, 0) is 30.9 Å². The van der Waals surface area contributed by atoms with E-state index in [1.54, 1.807) is 0 Å². The van der Waals surface area contributed by atoms with Gasteiger partial charge in [-0.25, -0.2) is 4.98 Å². The van der Waals surface area contributed by atoms with Crippen molar-refractivity contribution in [3.8, 4) is 5.88 Å². The molecule has 1 rings (SSSR count). The van der Waals surface area contributed by atoms with Gasteiger partial charge in [0.15, 0.2) is 0 Å². The van der Waals surface area contributed by atoms with E-state index in [1.165, 1.54) is 0 Å². The van der Waals surface area contributed by atoms with Crippen molar-refractivity contribution in [1.82, 2.24) is 4.98 Å². The van der Waals surface area contributed by atoms with Crippen LogP contribution in [0.2, 0.25) is 0 Å². The molecular weight excluding hydrogens is 212 g/mol. The predicted octanol–water partition coefficient (Wildman–Crippen LogP) is 3.23. The summed E-state index contributed by atoms with van der Waals surface area (Å²) in [7, 11) is 0. The third-order valence-corrected chi connectivity index (χ3v) is 2.73. The van der Waals surface area contributed by atoms with Crippen LogP contribution in [0.15, 0.2) is 12.1 Å². The highest BCUT2D eigenvalue weighted by molar-refractivity contribution is 5.26. The van der Waals surface area contributed by atoms with E-state index < -0.39 is 0 Å². The molecule has 0 fully saturated rings. The van der Waals surface area contributed by atoms with Gasteiger partial charge in [0, 0.05) is 18.3 Å². The van der Waals surface area contributed by atoms with Crippen LogP contribution >= 0.6 is 0 Å². The average molecular weight is 236 g/mol. The molecule has 96 valence electrons. The van der Waals surface area contributed by atoms with Crippen LogP contribution < -0.4 is 10.5 Å². The highest BCUT2D eigenvalue weighted by Crippen LogP contribution is 2.20. The van der Waals surface area contributed by atoms with Crippen molar-refractivity contribution in [2.75, 3.05) is 0 Å². The van der Waals surface area contributed by atoms with Crippen molar-refractivity contribution in [3.63, 3.8) is 0 Å². The van der Waals surface area contributed by atoms with Gasteiger partial charge in [0.25, 0.3) is 0 Å². The first-order valence-electron chi connectivity index (χ1n) is 6.44. The summed E-state index contributed by atoms with van der Waals surface area (Å²) in [5, 5.41) is 0. The molecule has 0 amide bonds. The van der Waals surface area contributed by atoms with Gasteiger partial charge >= 0.3 is 0 Å². The van der Waals surface area contributed by atoms with Crippen LogP contribution in [-0.2, 0) is 6.54 Å². The molecule has 1 aromatic heterocycles. The van der Waals surface area contributed by atoms with Crippen molar-refractivity contribution in [3.05, 3.63) is 23.4 Å². The van der Waals surface area contributed by atoms with Gasteiger partial charge < -0.3 is 10.5 Å². The minimum absolute atomic E-state index is 0.209. The van der Waals surface area contributed by atoms with E-state index in [-0.39, 0.29) is 6.10 Å². The smallest absolute Gasteiger partial charge is 0.214 e. The lowest BCUT2D eigenvalue weighted by Crippen LogP contribution is -2.13. The van der Waals surface area contributed by atoms with E-state index in [0.717, 1.165) is 24.1 Å². The summed E-state index contributed by atoms with van der Waals surface area (Å²) in [6.45, 7) is 9.02. The third-order valence-electron chi connectivity index (χ3n) is 2.73. The molecule has 0 radical (unpaired) electrons. The normalized spacial score (nSPS) is 12.8. The molecule has 0 saturated heterocycles. The van der Waals surface area contributed by atoms with Crippen LogP contribution in [0.1, 0.15) is 57.7 Å². The van der Waals surface area contributed by atoms with Gasteiger partial charge in [-0.15, -0.1) is 0 Å². The molecular formula is C14H24N2O. The fourth-order valence-corrected chi connectivity index (χ4v) is 1.73. The van der Waals surface area contributed by atoms with E-state index in [4.69, 9.17) is 10.5 Å². The maximum absolute atomic E-state index is 5.82. The molecule has 0 saturated carbocycles. The van der Waals surface area contributed by atoms with Crippen molar-refractivity contribution in [2.24, 2.45) is 5.73 Å². The van der Waals surface area contributed by atoms with E-state index in [1.807, 2.05) is 6.07 Å². The van der Waals surface area contributed by atoms with E-state index in [9.17, 15) is 0 Å². The second kappa shape index (κ2) is 6.60. The minimum atomic E-state index is 0.209. The zero-order chi connectivity index (χ0) is 12.8. The monoisotopic (exact) mass is 236 g/mol. The van der Waals surface area contributed by atoms with Crippen LogP contribution in [0.4, 0.5) is 0 Å². The molecule has 3 nitrogen and oxygen atoms in total. The Morgan fingerprint density at radius 2 is 2.00 bits per heavy atom. The topological polar surface area (TPSA) is 48.1 Å². The van der Waals surface area contributed by atoms with E-state index >= 15 is 0 Å². The molecule has 0 spiro atoms. The lowest BCUT2D eigenvalue weighted by atomic mass is 10.1. The molecule has 17 heavy (non-hydrogen) atoms. The number of hydrogen-bond acceptors (Lipinski definition) is 3. The predicted molar refractivity (Wildman–Crippen MR) is 71.2 cm³/mol. The molecule has 1 atom stereocenters. The number of ether oxygens (including phenoxy) is 1. The Kier molecular flexibility index (Phi) is 5.42. The van der Waals surface area contributed by atoms with Crippen LogP contribution in [0.5, 0.6) is 5.88 Å². The summed E-state index contributed by atoms with van der Waals surface area (Å²) < 4.78 is 5.82.